The van der Waals surface area contributed by atoms with Crippen molar-refractivity contribution in [2.45, 2.75) is 19.4 Å². The standard InChI is InChI=1S/C13H18ClNO2/c1-15-7-11-3-2-4-12(14)13(11)17-9-16-8-10-5-6-10/h2-4,10,15H,5-9H2,1H3. The van der Waals surface area contributed by atoms with Gasteiger partial charge < -0.3 is 14.8 Å². The first-order valence-corrected chi connectivity index (χ1v) is 6.31. The number of rotatable bonds is 7. The zero-order chi connectivity index (χ0) is 12.1. The van der Waals surface area contributed by atoms with Crippen LogP contribution in [0.4, 0.5) is 0 Å². The van der Waals surface area contributed by atoms with E-state index in [1.54, 1.807) is 0 Å². The molecule has 0 bridgehead atoms. The van der Waals surface area contributed by atoms with E-state index in [0.717, 1.165) is 30.4 Å². The van der Waals surface area contributed by atoms with Crippen molar-refractivity contribution >= 4 is 11.6 Å². The number of hydrogen-bond acceptors (Lipinski definition) is 3. The average molecular weight is 256 g/mol. The van der Waals surface area contributed by atoms with Gasteiger partial charge in [-0.15, -0.1) is 0 Å². The molecule has 1 N–H and O–H groups in total. The van der Waals surface area contributed by atoms with Crippen LogP contribution in [0.2, 0.25) is 5.02 Å². The van der Waals surface area contributed by atoms with E-state index in [9.17, 15) is 0 Å². The van der Waals surface area contributed by atoms with Crippen molar-refractivity contribution in [3.63, 3.8) is 0 Å². The molecule has 0 heterocycles. The Morgan fingerprint density at radius 1 is 1.41 bits per heavy atom. The first-order chi connectivity index (χ1) is 8.31. The fourth-order valence-corrected chi connectivity index (χ4v) is 1.89. The summed E-state index contributed by atoms with van der Waals surface area (Å²) in [5.74, 6) is 1.47. The topological polar surface area (TPSA) is 30.5 Å². The van der Waals surface area contributed by atoms with E-state index >= 15 is 0 Å². The fourth-order valence-electron chi connectivity index (χ4n) is 1.64. The first kappa shape index (κ1) is 12.7. The maximum Gasteiger partial charge on any atom is 0.189 e. The van der Waals surface area contributed by atoms with E-state index in [1.165, 1.54) is 12.8 Å². The molecule has 0 aliphatic heterocycles. The smallest absolute Gasteiger partial charge is 0.189 e. The second-order valence-electron chi connectivity index (χ2n) is 4.33. The molecular weight excluding hydrogens is 238 g/mol. The van der Waals surface area contributed by atoms with Gasteiger partial charge in [0.1, 0.15) is 5.75 Å². The molecule has 1 fully saturated rings. The first-order valence-electron chi connectivity index (χ1n) is 5.94. The van der Waals surface area contributed by atoms with E-state index in [4.69, 9.17) is 21.1 Å². The van der Waals surface area contributed by atoms with Gasteiger partial charge in [-0.1, -0.05) is 23.7 Å². The number of benzene rings is 1. The molecule has 17 heavy (non-hydrogen) atoms. The molecule has 0 unspecified atom stereocenters. The van der Waals surface area contributed by atoms with Gasteiger partial charge >= 0.3 is 0 Å². The van der Waals surface area contributed by atoms with Crippen molar-refractivity contribution in [2.24, 2.45) is 5.92 Å². The van der Waals surface area contributed by atoms with Crippen LogP contribution in [0, 0.1) is 5.92 Å². The van der Waals surface area contributed by atoms with Gasteiger partial charge in [-0.2, -0.15) is 0 Å². The molecule has 3 nitrogen and oxygen atoms in total. The molecule has 94 valence electrons. The average Bonchev–Trinajstić information content (AvgIpc) is 3.11. The van der Waals surface area contributed by atoms with Crippen LogP contribution in [0.25, 0.3) is 0 Å². The van der Waals surface area contributed by atoms with Crippen molar-refractivity contribution < 1.29 is 9.47 Å². The zero-order valence-corrected chi connectivity index (χ0v) is 10.8. The van der Waals surface area contributed by atoms with Crippen molar-refractivity contribution in [1.29, 1.82) is 0 Å². The van der Waals surface area contributed by atoms with E-state index in [0.29, 0.717) is 5.02 Å². The van der Waals surface area contributed by atoms with E-state index in [1.807, 2.05) is 25.2 Å². The second-order valence-corrected chi connectivity index (χ2v) is 4.74. The van der Waals surface area contributed by atoms with Crippen molar-refractivity contribution in [1.82, 2.24) is 5.32 Å². The molecule has 0 amide bonds. The summed E-state index contributed by atoms with van der Waals surface area (Å²) < 4.78 is 11.1. The lowest BCUT2D eigenvalue weighted by Gasteiger charge is -2.13. The molecule has 4 heteroatoms. The van der Waals surface area contributed by atoms with Gasteiger partial charge in [0.2, 0.25) is 0 Å². The van der Waals surface area contributed by atoms with Crippen LogP contribution >= 0.6 is 11.6 Å². The summed E-state index contributed by atoms with van der Waals surface area (Å²) in [5, 5.41) is 3.72. The van der Waals surface area contributed by atoms with E-state index in [2.05, 4.69) is 5.32 Å². The lowest BCUT2D eigenvalue weighted by molar-refractivity contribution is 0.00948. The molecule has 0 spiro atoms. The summed E-state index contributed by atoms with van der Waals surface area (Å²) in [7, 11) is 1.90. The number of nitrogens with one attached hydrogen (secondary N) is 1. The highest BCUT2D eigenvalue weighted by Gasteiger charge is 2.21. The summed E-state index contributed by atoms with van der Waals surface area (Å²) in [5.41, 5.74) is 1.05. The molecule has 1 aromatic carbocycles. The minimum atomic E-state index is 0.275. The van der Waals surface area contributed by atoms with E-state index in [-0.39, 0.29) is 6.79 Å². The molecule has 1 aliphatic carbocycles. The summed E-state index contributed by atoms with van der Waals surface area (Å²) in [6.07, 6.45) is 2.58. The van der Waals surface area contributed by atoms with Crippen LogP contribution in [-0.2, 0) is 11.3 Å². The Labute approximate surface area is 107 Å². The van der Waals surface area contributed by atoms with Crippen LogP contribution in [0.5, 0.6) is 5.75 Å². The Kier molecular flexibility index (Phi) is 4.66. The van der Waals surface area contributed by atoms with E-state index < -0.39 is 0 Å². The van der Waals surface area contributed by atoms with Gasteiger partial charge in [-0.3, -0.25) is 0 Å². The summed E-state index contributed by atoms with van der Waals surface area (Å²) >= 11 is 6.11. The Balaban J connectivity index is 1.87. The molecular formula is C13H18ClNO2. The quantitative estimate of drug-likeness (QED) is 0.600. The molecule has 1 aliphatic rings. The van der Waals surface area contributed by atoms with Crippen LogP contribution in [0.1, 0.15) is 18.4 Å². The molecule has 1 saturated carbocycles. The summed E-state index contributed by atoms with van der Waals surface area (Å²) in [4.78, 5) is 0. The third-order valence-electron chi connectivity index (χ3n) is 2.75. The third-order valence-corrected chi connectivity index (χ3v) is 3.05. The van der Waals surface area contributed by atoms with Gasteiger partial charge in [-0.25, -0.2) is 0 Å². The Morgan fingerprint density at radius 2 is 2.24 bits per heavy atom. The Hall–Kier alpha value is -0.770. The second kappa shape index (κ2) is 6.24. The predicted octanol–water partition coefficient (Wildman–Crippen LogP) is 2.82. The van der Waals surface area contributed by atoms with Gasteiger partial charge in [0.05, 0.1) is 11.6 Å². The number of halogens is 1. The molecule has 2 rings (SSSR count). The highest BCUT2D eigenvalue weighted by Crippen LogP contribution is 2.30. The van der Waals surface area contributed by atoms with Gasteiger partial charge in [0.15, 0.2) is 6.79 Å². The normalized spacial score (nSPS) is 14.9. The van der Waals surface area contributed by atoms with Crippen LogP contribution in [0.3, 0.4) is 0 Å². The fraction of sp³-hybridized carbons (Fsp3) is 0.538. The van der Waals surface area contributed by atoms with Crippen molar-refractivity contribution in [3.8, 4) is 5.75 Å². The van der Waals surface area contributed by atoms with Crippen LogP contribution in [-0.4, -0.2) is 20.4 Å². The lowest BCUT2D eigenvalue weighted by atomic mass is 10.2. The van der Waals surface area contributed by atoms with Gasteiger partial charge in [0, 0.05) is 12.1 Å². The molecule has 0 saturated heterocycles. The highest BCUT2D eigenvalue weighted by atomic mass is 35.5. The maximum atomic E-state index is 6.11. The van der Waals surface area contributed by atoms with Gasteiger partial charge in [-0.05, 0) is 31.9 Å². The monoisotopic (exact) mass is 255 g/mol. The minimum Gasteiger partial charge on any atom is -0.466 e. The largest absolute Gasteiger partial charge is 0.466 e. The maximum absolute atomic E-state index is 6.11. The van der Waals surface area contributed by atoms with Crippen molar-refractivity contribution in [3.05, 3.63) is 28.8 Å². The number of para-hydroxylation sites is 1. The number of ether oxygens (including phenoxy) is 2. The predicted molar refractivity (Wildman–Crippen MR) is 68.4 cm³/mol. The minimum absolute atomic E-state index is 0.275. The summed E-state index contributed by atoms with van der Waals surface area (Å²) in [6, 6.07) is 5.75. The third kappa shape index (κ3) is 3.87. The molecule has 1 aromatic rings. The summed E-state index contributed by atoms with van der Waals surface area (Å²) in [6.45, 7) is 1.81. The van der Waals surface area contributed by atoms with Gasteiger partial charge in [0.25, 0.3) is 0 Å². The zero-order valence-electron chi connectivity index (χ0n) is 10.0. The lowest BCUT2D eigenvalue weighted by Crippen LogP contribution is -2.10. The van der Waals surface area contributed by atoms with Crippen LogP contribution < -0.4 is 10.1 Å². The van der Waals surface area contributed by atoms with Crippen LogP contribution in [0.15, 0.2) is 18.2 Å². The molecule has 0 radical (unpaired) electrons. The Morgan fingerprint density at radius 3 is 2.94 bits per heavy atom. The van der Waals surface area contributed by atoms with Crippen molar-refractivity contribution in [2.75, 3.05) is 20.4 Å². The number of hydrogen-bond donors (Lipinski definition) is 1. The highest BCUT2D eigenvalue weighted by molar-refractivity contribution is 6.32. The SMILES string of the molecule is CNCc1cccc(Cl)c1OCOCC1CC1. The molecule has 0 aromatic heterocycles. The molecule has 0 atom stereocenters. The Bertz CT molecular complexity index is 366.